The van der Waals surface area contributed by atoms with E-state index in [4.69, 9.17) is 0 Å². The van der Waals surface area contributed by atoms with Gasteiger partial charge >= 0.3 is 0 Å². The number of aromatic nitrogens is 3. The summed E-state index contributed by atoms with van der Waals surface area (Å²) in [6, 6.07) is 11.7. The Morgan fingerprint density at radius 2 is 2.00 bits per heavy atom. The third-order valence-corrected chi connectivity index (χ3v) is 7.52. The van der Waals surface area contributed by atoms with Crippen molar-refractivity contribution in [3.63, 3.8) is 0 Å². The molecule has 1 N–H and O–H groups in total. The number of hydrogen-bond donors (Lipinski definition) is 1. The van der Waals surface area contributed by atoms with E-state index in [1.54, 1.807) is 6.07 Å². The molecule has 1 aliphatic rings. The van der Waals surface area contributed by atoms with E-state index in [0.717, 1.165) is 35.8 Å². The molecule has 2 aromatic carbocycles. The number of benzene rings is 2. The number of anilines is 1. The number of halogens is 1. The van der Waals surface area contributed by atoms with E-state index in [1.807, 2.05) is 10.6 Å². The van der Waals surface area contributed by atoms with E-state index >= 15 is 0 Å². The molecule has 1 aliphatic heterocycles. The monoisotopic (exact) mass is 482 g/mol. The minimum atomic E-state index is -4.06. The van der Waals surface area contributed by atoms with E-state index < -0.39 is 28.3 Å². The number of nitrogens with zero attached hydrogens (tertiary/aromatic N) is 5. The zero-order valence-corrected chi connectivity index (χ0v) is 19.3. The molecule has 2 heterocycles. The highest BCUT2D eigenvalue weighted by molar-refractivity contribution is 7.89. The van der Waals surface area contributed by atoms with Crippen molar-refractivity contribution < 1.29 is 17.6 Å². The fourth-order valence-corrected chi connectivity index (χ4v) is 5.16. The molecular formula is C23H23FN6O3S. The zero-order chi connectivity index (χ0) is 24.3. The molecule has 0 radical (unpaired) electrons. The molecule has 0 aliphatic carbocycles. The Kier molecular flexibility index (Phi) is 6.72. The summed E-state index contributed by atoms with van der Waals surface area (Å²) in [6.45, 7) is 0.204. The first kappa shape index (κ1) is 23.5. The largest absolute Gasteiger partial charge is 0.325 e. The Labute approximate surface area is 196 Å². The Balaban J connectivity index is 1.52. The van der Waals surface area contributed by atoms with E-state index in [1.165, 1.54) is 43.4 Å². The molecule has 0 unspecified atom stereocenters. The van der Waals surface area contributed by atoms with Gasteiger partial charge in [0.1, 0.15) is 17.7 Å². The maximum atomic E-state index is 14.7. The van der Waals surface area contributed by atoms with E-state index in [-0.39, 0.29) is 16.0 Å². The van der Waals surface area contributed by atoms with Gasteiger partial charge in [-0.2, -0.15) is 9.57 Å². The fourth-order valence-electron chi connectivity index (χ4n) is 3.90. The number of likely N-dealkylation sites (N-methyl/N-ethyl adjacent to an activating group) is 1. The van der Waals surface area contributed by atoms with Crippen LogP contribution in [0.4, 0.5) is 10.1 Å². The molecule has 4 rings (SSSR count). The fraction of sp³-hybridized carbons (Fsp3) is 0.304. The zero-order valence-electron chi connectivity index (χ0n) is 18.5. The second kappa shape index (κ2) is 9.70. The molecule has 0 bridgehead atoms. The number of carbonyl (C=O) groups excluding carboxylic acids is 1. The van der Waals surface area contributed by atoms with Crippen LogP contribution >= 0.6 is 0 Å². The summed E-state index contributed by atoms with van der Waals surface area (Å²) in [6.07, 6.45) is 3.80. The second-order valence-corrected chi connectivity index (χ2v) is 10.0. The number of hydrogen-bond acceptors (Lipinski definition) is 6. The van der Waals surface area contributed by atoms with E-state index in [2.05, 4.69) is 15.5 Å². The standard InChI is InChI=1S/C23H23FN6O3S/c1-29(34(32,33)20-8-5-4-7-16(20)14-25)15-22(31)26-17-10-11-19(24)18(13-17)23-28-27-21-9-3-2-6-12-30(21)23/h4-5,7-8,10-11,13H,2-3,6,9,12,15H2,1H3,(H,26,31). The van der Waals surface area contributed by atoms with Gasteiger partial charge in [-0.3, -0.25) is 4.79 Å². The van der Waals surface area contributed by atoms with Crippen LogP contribution in [-0.2, 0) is 27.8 Å². The summed E-state index contributed by atoms with van der Waals surface area (Å²) in [7, 11) is -2.81. The first-order chi connectivity index (χ1) is 16.3. The molecule has 0 spiro atoms. The highest BCUT2D eigenvalue weighted by Crippen LogP contribution is 2.27. The highest BCUT2D eigenvalue weighted by Gasteiger charge is 2.26. The van der Waals surface area contributed by atoms with Crippen molar-refractivity contribution in [2.75, 3.05) is 18.9 Å². The number of sulfonamides is 1. The summed E-state index contributed by atoms with van der Waals surface area (Å²) in [5, 5.41) is 20.2. The van der Waals surface area contributed by atoms with E-state index in [9.17, 15) is 22.9 Å². The number of nitrogens with one attached hydrogen (secondary N) is 1. The van der Waals surface area contributed by atoms with Crippen molar-refractivity contribution in [1.29, 1.82) is 5.26 Å². The van der Waals surface area contributed by atoms with Crippen molar-refractivity contribution in [3.8, 4) is 17.5 Å². The first-order valence-corrected chi connectivity index (χ1v) is 12.2. The quantitative estimate of drug-likeness (QED) is 0.577. The van der Waals surface area contributed by atoms with Gasteiger partial charge in [-0.25, -0.2) is 12.8 Å². The Morgan fingerprint density at radius 3 is 2.79 bits per heavy atom. The Hall–Kier alpha value is -3.62. The van der Waals surface area contributed by atoms with Crippen LogP contribution in [-0.4, -0.2) is 47.0 Å². The van der Waals surface area contributed by atoms with Gasteiger partial charge in [0.05, 0.1) is 22.6 Å². The topological polar surface area (TPSA) is 121 Å². The lowest BCUT2D eigenvalue weighted by Crippen LogP contribution is -2.35. The summed E-state index contributed by atoms with van der Waals surface area (Å²) in [4.78, 5) is 12.4. The predicted molar refractivity (Wildman–Crippen MR) is 123 cm³/mol. The number of aryl methyl sites for hydroxylation is 1. The molecule has 0 saturated heterocycles. The van der Waals surface area contributed by atoms with Crippen molar-refractivity contribution in [2.45, 2.75) is 37.1 Å². The van der Waals surface area contributed by atoms with Crippen molar-refractivity contribution in [1.82, 2.24) is 19.1 Å². The molecule has 1 amide bonds. The van der Waals surface area contributed by atoms with Gasteiger partial charge in [0.2, 0.25) is 15.9 Å². The number of amides is 1. The highest BCUT2D eigenvalue weighted by atomic mass is 32.2. The van der Waals surface area contributed by atoms with Crippen LogP contribution in [0.2, 0.25) is 0 Å². The summed E-state index contributed by atoms with van der Waals surface area (Å²) in [5.41, 5.74) is 0.503. The smallest absolute Gasteiger partial charge is 0.244 e. The van der Waals surface area contributed by atoms with Crippen molar-refractivity contribution in [3.05, 3.63) is 59.7 Å². The Bertz CT molecular complexity index is 1380. The average molecular weight is 483 g/mol. The summed E-state index contributed by atoms with van der Waals surface area (Å²) >= 11 is 0. The maximum Gasteiger partial charge on any atom is 0.244 e. The van der Waals surface area contributed by atoms with Gasteiger partial charge in [-0.05, 0) is 43.2 Å². The third-order valence-electron chi connectivity index (χ3n) is 5.66. The SMILES string of the molecule is CN(CC(=O)Nc1ccc(F)c(-c2nnc3n2CCCCC3)c1)S(=O)(=O)c1ccccc1C#N. The van der Waals surface area contributed by atoms with Crippen LogP contribution in [0.25, 0.3) is 11.4 Å². The molecule has 11 heteroatoms. The second-order valence-electron chi connectivity index (χ2n) is 8.01. The van der Waals surface area contributed by atoms with Crippen LogP contribution in [0.3, 0.4) is 0 Å². The molecule has 0 saturated carbocycles. The Morgan fingerprint density at radius 1 is 1.21 bits per heavy atom. The normalized spacial score (nSPS) is 13.7. The van der Waals surface area contributed by atoms with Gasteiger partial charge < -0.3 is 9.88 Å². The predicted octanol–water partition coefficient (Wildman–Crippen LogP) is 2.94. The van der Waals surface area contributed by atoms with Gasteiger partial charge in [0.15, 0.2) is 5.82 Å². The summed E-state index contributed by atoms with van der Waals surface area (Å²) in [5.74, 6) is 0.104. The maximum absolute atomic E-state index is 14.7. The number of rotatable bonds is 6. The number of carbonyl (C=O) groups is 1. The molecule has 3 aromatic rings. The van der Waals surface area contributed by atoms with Crippen LogP contribution in [0.15, 0.2) is 47.4 Å². The number of nitriles is 1. The van der Waals surface area contributed by atoms with Gasteiger partial charge in [0.25, 0.3) is 0 Å². The van der Waals surface area contributed by atoms with Crippen molar-refractivity contribution in [2.24, 2.45) is 0 Å². The van der Waals surface area contributed by atoms with Gasteiger partial charge in [-0.1, -0.05) is 18.6 Å². The minimum absolute atomic E-state index is 0.00891. The van der Waals surface area contributed by atoms with Gasteiger partial charge in [0, 0.05) is 25.7 Å². The minimum Gasteiger partial charge on any atom is -0.325 e. The summed E-state index contributed by atoms with van der Waals surface area (Å²) < 4.78 is 43.1. The molecular weight excluding hydrogens is 459 g/mol. The molecule has 9 nitrogen and oxygen atoms in total. The lowest BCUT2D eigenvalue weighted by atomic mass is 10.1. The first-order valence-electron chi connectivity index (χ1n) is 10.8. The molecule has 0 fully saturated rings. The lowest BCUT2D eigenvalue weighted by molar-refractivity contribution is -0.116. The lowest BCUT2D eigenvalue weighted by Gasteiger charge is -2.18. The van der Waals surface area contributed by atoms with Gasteiger partial charge in [-0.15, -0.1) is 10.2 Å². The van der Waals surface area contributed by atoms with E-state index in [0.29, 0.717) is 18.1 Å². The molecule has 34 heavy (non-hydrogen) atoms. The van der Waals surface area contributed by atoms with Crippen LogP contribution in [0.1, 0.15) is 30.7 Å². The molecule has 1 aromatic heterocycles. The van der Waals surface area contributed by atoms with Crippen molar-refractivity contribution >= 4 is 21.6 Å². The molecule has 0 atom stereocenters. The third kappa shape index (κ3) is 4.69. The van der Waals surface area contributed by atoms with Crippen LogP contribution in [0.5, 0.6) is 0 Å². The molecule has 176 valence electrons. The van der Waals surface area contributed by atoms with Crippen LogP contribution in [0, 0.1) is 17.1 Å². The number of fused-ring (bicyclic) bond motifs is 1. The van der Waals surface area contributed by atoms with Crippen LogP contribution < -0.4 is 5.32 Å². The average Bonchev–Trinajstić information content (AvgIpc) is 3.07.